The molecule has 1 fully saturated rings. The van der Waals surface area contributed by atoms with Gasteiger partial charge in [0.05, 0.1) is 6.04 Å². The molecule has 4 rings (SSSR count). The third kappa shape index (κ3) is 3.86. The van der Waals surface area contributed by atoms with Crippen LogP contribution >= 0.6 is 0 Å². The molecule has 0 amide bonds. The molecule has 3 atom stereocenters. The van der Waals surface area contributed by atoms with E-state index in [2.05, 4.69) is 29.9 Å². The Kier molecular flexibility index (Phi) is 5.28. The third-order valence-corrected chi connectivity index (χ3v) is 5.20. The number of rotatable bonds is 5. The summed E-state index contributed by atoms with van der Waals surface area (Å²) in [5.41, 5.74) is 9.50. The van der Waals surface area contributed by atoms with Crippen molar-refractivity contribution in [1.29, 1.82) is 0 Å². The number of benzene rings is 3. The van der Waals surface area contributed by atoms with Crippen molar-refractivity contribution in [2.75, 3.05) is 0 Å². The number of hydrogen-bond donors (Lipinski definition) is 3. The first-order valence-electron chi connectivity index (χ1n) is 9.38. The summed E-state index contributed by atoms with van der Waals surface area (Å²) < 4.78 is 18.7. The fraction of sp³-hybridized carbons (Fsp3) is 0.217. The van der Waals surface area contributed by atoms with Gasteiger partial charge in [0, 0.05) is 23.6 Å². The average Bonchev–Trinajstić information content (AvgIpc) is 3.09. The van der Waals surface area contributed by atoms with Gasteiger partial charge in [-0.15, -0.1) is 0 Å². The van der Waals surface area contributed by atoms with E-state index in [-0.39, 0.29) is 29.6 Å². The lowest BCUT2D eigenvalue weighted by Gasteiger charge is -2.23. The maximum Gasteiger partial charge on any atom is 0.124 e. The summed E-state index contributed by atoms with van der Waals surface area (Å²) in [5, 5.41) is 10.6. The van der Waals surface area contributed by atoms with Crippen LogP contribution in [0, 0.1) is 5.82 Å². The number of phenols is 1. The van der Waals surface area contributed by atoms with Gasteiger partial charge in [0.2, 0.25) is 0 Å². The van der Waals surface area contributed by atoms with Gasteiger partial charge < -0.3 is 9.84 Å². The Balaban J connectivity index is 1.51. The van der Waals surface area contributed by atoms with Crippen molar-refractivity contribution < 1.29 is 14.2 Å². The maximum absolute atomic E-state index is 13.0. The van der Waals surface area contributed by atoms with Crippen molar-refractivity contribution >= 4 is 0 Å². The van der Waals surface area contributed by atoms with E-state index in [9.17, 15) is 9.50 Å². The predicted molar refractivity (Wildman–Crippen MR) is 106 cm³/mol. The smallest absolute Gasteiger partial charge is 0.124 e. The molecule has 4 nitrogen and oxygen atoms in total. The fourth-order valence-corrected chi connectivity index (χ4v) is 3.74. The summed E-state index contributed by atoms with van der Waals surface area (Å²) in [4.78, 5) is 0. The van der Waals surface area contributed by atoms with Gasteiger partial charge in [-0.3, -0.25) is 5.43 Å². The molecular formula is C23H23FN2O2. The minimum absolute atomic E-state index is 0.0523. The van der Waals surface area contributed by atoms with Crippen LogP contribution in [0.4, 0.5) is 4.39 Å². The first-order valence-corrected chi connectivity index (χ1v) is 9.38. The van der Waals surface area contributed by atoms with E-state index >= 15 is 0 Å². The monoisotopic (exact) mass is 378 g/mol. The molecule has 3 aromatic carbocycles. The molecule has 0 radical (unpaired) electrons. The van der Waals surface area contributed by atoms with Crippen molar-refractivity contribution in [1.82, 2.24) is 10.9 Å². The zero-order valence-corrected chi connectivity index (χ0v) is 15.6. The van der Waals surface area contributed by atoms with Gasteiger partial charge in [-0.1, -0.05) is 48.5 Å². The highest BCUT2D eigenvalue weighted by atomic mass is 19.1. The summed E-state index contributed by atoms with van der Waals surface area (Å²) in [5.74, 6) is 0.676. The van der Waals surface area contributed by atoms with Crippen molar-refractivity contribution in [3.63, 3.8) is 0 Å². The van der Waals surface area contributed by atoms with E-state index < -0.39 is 0 Å². The molecule has 1 heterocycles. The first-order chi connectivity index (χ1) is 13.6. The Morgan fingerprint density at radius 3 is 2.43 bits per heavy atom. The minimum atomic E-state index is -0.273. The highest BCUT2D eigenvalue weighted by molar-refractivity contribution is 5.44. The average molecular weight is 378 g/mol. The van der Waals surface area contributed by atoms with Gasteiger partial charge >= 0.3 is 0 Å². The molecule has 1 aliphatic heterocycles. The van der Waals surface area contributed by atoms with E-state index in [1.807, 2.05) is 30.3 Å². The van der Waals surface area contributed by atoms with Crippen molar-refractivity contribution in [2.24, 2.45) is 0 Å². The molecule has 0 spiro atoms. The Morgan fingerprint density at radius 1 is 0.964 bits per heavy atom. The topological polar surface area (TPSA) is 53.5 Å². The molecule has 1 saturated heterocycles. The quantitative estimate of drug-likeness (QED) is 0.615. The molecule has 0 saturated carbocycles. The van der Waals surface area contributed by atoms with Crippen molar-refractivity contribution in [2.45, 2.75) is 31.5 Å². The second kappa shape index (κ2) is 8.00. The standard InChI is InChI=1S/C23H23FN2O2/c1-15-22(17-5-3-2-4-6-17)23(26-25-15)20-12-11-19(13-21(20)27)28-14-16-7-9-18(24)10-8-16/h2-13,15,22-23,25-27H,14H2,1H3. The fourth-order valence-electron chi connectivity index (χ4n) is 3.74. The molecule has 3 aromatic rings. The zero-order chi connectivity index (χ0) is 19.5. The summed E-state index contributed by atoms with van der Waals surface area (Å²) in [6.07, 6.45) is 0. The molecule has 0 bridgehead atoms. The van der Waals surface area contributed by atoms with E-state index in [4.69, 9.17) is 4.74 Å². The molecule has 3 N–H and O–H groups in total. The Hall–Kier alpha value is -2.89. The third-order valence-electron chi connectivity index (χ3n) is 5.20. The van der Waals surface area contributed by atoms with E-state index in [0.29, 0.717) is 12.4 Å². The molecule has 5 heteroatoms. The Labute approximate surface area is 164 Å². The van der Waals surface area contributed by atoms with Crippen molar-refractivity contribution in [3.8, 4) is 11.5 Å². The number of hydrazine groups is 1. The highest BCUT2D eigenvalue weighted by Gasteiger charge is 2.36. The number of phenolic OH excluding ortho intramolecular Hbond substituents is 1. The van der Waals surface area contributed by atoms with Gasteiger partial charge in [0.1, 0.15) is 23.9 Å². The lowest BCUT2D eigenvalue weighted by molar-refractivity contribution is 0.303. The van der Waals surface area contributed by atoms with Gasteiger partial charge in [0.25, 0.3) is 0 Å². The molecule has 28 heavy (non-hydrogen) atoms. The van der Waals surface area contributed by atoms with E-state index in [0.717, 1.165) is 11.1 Å². The molecule has 3 unspecified atom stereocenters. The van der Waals surface area contributed by atoms with Gasteiger partial charge in [-0.25, -0.2) is 9.82 Å². The van der Waals surface area contributed by atoms with Gasteiger partial charge in [-0.05, 0) is 36.2 Å². The number of aromatic hydroxyl groups is 1. The van der Waals surface area contributed by atoms with Crippen LogP contribution in [0.15, 0.2) is 72.8 Å². The van der Waals surface area contributed by atoms with Crippen LogP contribution < -0.4 is 15.6 Å². The summed E-state index contributed by atoms with van der Waals surface area (Å²) >= 11 is 0. The van der Waals surface area contributed by atoms with Crippen LogP contribution in [0.1, 0.15) is 35.6 Å². The summed E-state index contributed by atoms with van der Waals surface area (Å²) in [6, 6.07) is 22.0. The van der Waals surface area contributed by atoms with Crippen LogP contribution in [0.5, 0.6) is 11.5 Å². The number of ether oxygens (including phenoxy) is 1. The van der Waals surface area contributed by atoms with Crippen LogP contribution in [-0.4, -0.2) is 11.1 Å². The number of hydrogen-bond acceptors (Lipinski definition) is 4. The predicted octanol–water partition coefficient (Wildman–Crippen LogP) is 4.43. The molecule has 0 aliphatic carbocycles. The lowest BCUT2D eigenvalue weighted by Crippen LogP contribution is -2.29. The SMILES string of the molecule is CC1NNC(c2ccc(OCc3ccc(F)cc3)cc2O)C1c1ccccc1. The molecule has 1 aliphatic rings. The van der Waals surface area contributed by atoms with E-state index in [1.54, 1.807) is 18.2 Å². The highest BCUT2D eigenvalue weighted by Crippen LogP contribution is 2.41. The number of nitrogens with one attached hydrogen (secondary N) is 2. The van der Waals surface area contributed by atoms with Gasteiger partial charge in [-0.2, -0.15) is 0 Å². The van der Waals surface area contributed by atoms with Crippen LogP contribution in [0.3, 0.4) is 0 Å². The van der Waals surface area contributed by atoms with E-state index in [1.165, 1.54) is 17.7 Å². The molecule has 0 aromatic heterocycles. The maximum atomic E-state index is 13.0. The lowest BCUT2D eigenvalue weighted by atomic mass is 9.84. The van der Waals surface area contributed by atoms with Crippen molar-refractivity contribution in [3.05, 3.63) is 95.3 Å². The second-order valence-electron chi connectivity index (χ2n) is 7.13. The Morgan fingerprint density at radius 2 is 1.71 bits per heavy atom. The molecular weight excluding hydrogens is 355 g/mol. The minimum Gasteiger partial charge on any atom is -0.507 e. The zero-order valence-electron chi connectivity index (χ0n) is 15.6. The second-order valence-corrected chi connectivity index (χ2v) is 7.13. The largest absolute Gasteiger partial charge is 0.507 e. The van der Waals surface area contributed by atoms with Crippen LogP contribution in [-0.2, 0) is 6.61 Å². The van der Waals surface area contributed by atoms with Crippen LogP contribution in [0.2, 0.25) is 0 Å². The van der Waals surface area contributed by atoms with Gasteiger partial charge in [0.15, 0.2) is 0 Å². The Bertz CT molecular complexity index is 931. The normalized spacial score (nSPS) is 21.6. The first kappa shape index (κ1) is 18.5. The summed E-state index contributed by atoms with van der Waals surface area (Å²) in [7, 11) is 0. The molecule has 144 valence electrons. The summed E-state index contributed by atoms with van der Waals surface area (Å²) in [6.45, 7) is 2.44. The number of halogens is 1. The van der Waals surface area contributed by atoms with Crippen LogP contribution in [0.25, 0.3) is 0 Å².